The van der Waals surface area contributed by atoms with E-state index < -0.39 is 0 Å². The quantitative estimate of drug-likeness (QED) is 0.223. The van der Waals surface area contributed by atoms with E-state index in [-0.39, 0.29) is 36.4 Å². The van der Waals surface area contributed by atoms with Crippen LogP contribution in [0.4, 0.5) is 0 Å². The van der Waals surface area contributed by atoms with Crippen molar-refractivity contribution in [3.8, 4) is 0 Å². The molecule has 0 aliphatic carbocycles. The van der Waals surface area contributed by atoms with Gasteiger partial charge in [0.1, 0.15) is 6.54 Å². The average Bonchev–Trinajstić information content (AvgIpc) is 2.47. The number of nitrogens with one attached hydrogen (secondary N) is 2. The second kappa shape index (κ2) is 16.3. The highest BCUT2D eigenvalue weighted by atomic mass is 127. The van der Waals surface area contributed by atoms with Crippen molar-refractivity contribution in [1.29, 1.82) is 0 Å². The first-order chi connectivity index (χ1) is 10.5. The fourth-order valence-electron chi connectivity index (χ4n) is 1.49. The molecule has 138 valence electrons. The standard InChI is InChI=1S/C16H34N4O2.HI/c1-6-7-10-22-11-8-9-17-16(18-12-14(2)3)19-13-15(21)20(4)5;/h14H,6-13H2,1-5H3,(H2,17,18,19);1H. The molecule has 0 fully saturated rings. The Morgan fingerprint density at radius 2 is 1.83 bits per heavy atom. The molecule has 0 aromatic rings. The molecule has 0 aromatic carbocycles. The van der Waals surface area contributed by atoms with Crippen LogP contribution in [0.2, 0.25) is 0 Å². The summed E-state index contributed by atoms with van der Waals surface area (Å²) in [5.41, 5.74) is 0. The minimum atomic E-state index is -0.00598. The first-order valence-electron chi connectivity index (χ1n) is 8.27. The van der Waals surface area contributed by atoms with Crippen molar-refractivity contribution >= 4 is 35.8 Å². The highest BCUT2D eigenvalue weighted by Gasteiger charge is 2.05. The third-order valence-electron chi connectivity index (χ3n) is 2.95. The SMILES string of the molecule is CCCCOCCCNC(=NCC(=O)N(C)C)NCC(C)C.I. The molecule has 0 aliphatic heterocycles. The topological polar surface area (TPSA) is 66.0 Å². The van der Waals surface area contributed by atoms with E-state index in [9.17, 15) is 4.79 Å². The molecule has 6 nitrogen and oxygen atoms in total. The summed E-state index contributed by atoms with van der Waals surface area (Å²) < 4.78 is 5.52. The third kappa shape index (κ3) is 16.1. The number of amides is 1. The molecule has 2 N–H and O–H groups in total. The summed E-state index contributed by atoms with van der Waals surface area (Å²) in [6.45, 7) is 9.79. The van der Waals surface area contributed by atoms with Crippen LogP contribution in [0.15, 0.2) is 4.99 Å². The zero-order chi connectivity index (χ0) is 16.8. The average molecular weight is 442 g/mol. The highest BCUT2D eigenvalue weighted by molar-refractivity contribution is 14.0. The maximum atomic E-state index is 11.6. The first-order valence-corrected chi connectivity index (χ1v) is 8.27. The zero-order valence-corrected chi connectivity index (χ0v) is 17.7. The number of ether oxygens (including phenoxy) is 1. The van der Waals surface area contributed by atoms with Gasteiger partial charge in [-0.2, -0.15) is 0 Å². The molecular formula is C16H35IN4O2. The number of hydrogen-bond donors (Lipinski definition) is 2. The van der Waals surface area contributed by atoms with Crippen molar-refractivity contribution in [2.45, 2.75) is 40.0 Å². The molecule has 0 bridgehead atoms. The lowest BCUT2D eigenvalue weighted by Gasteiger charge is -2.15. The molecule has 0 spiro atoms. The number of aliphatic imine (C=N–C) groups is 1. The van der Waals surface area contributed by atoms with Crippen LogP contribution in [0, 0.1) is 5.92 Å². The van der Waals surface area contributed by atoms with E-state index in [0.717, 1.165) is 45.6 Å². The van der Waals surface area contributed by atoms with Gasteiger partial charge in [-0.1, -0.05) is 27.2 Å². The van der Waals surface area contributed by atoms with Gasteiger partial charge in [-0.25, -0.2) is 4.99 Å². The Kier molecular flexibility index (Phi) is 17.5. The normalized spacial score (nSPS) is 11.1. The Bertz CT molecular complexity index is 323. The van der Waals surface area contributed by atoms with Gasteiger partial charge in [0, 0.05) is 40.4 Å². The summed E-state index contributed by atoms with van der Waals surface area (Å²) in [6.07, 6.45) is 3.20. The van der Waals surface area contributed by atoms with Crippen LogP contribution in [0.25, 0.3) is 0 Å². The Labute approximate surface area is 158 Å². The van der Waals surface area contributed by atoms with Crippen molar-refractivity contribution in [1.82, 2.24) is 15.5 Å². The largest absolute Gasteiger partial charge is 0.381 e. The molecule has 0 aliphatic rings. The summed E-state index contributed by atoms with van der Waals surface area (Å²) in [4.78, 5) is 17.5. The second-order valence-corrected chi connectivity index (χ2v) is 5.97. The van der Waals surface area contributed by atoms with Crippen molar-refractivity contribution in [2.75, 3.05) is 46.9 Å². The van der Waals surface area contributed by atoms with Gasteiger partial charge in [0.2, 0.25) is 5.91 Å². The van der Waals surface area contributed by atoms with Gasteiger partial charge in [-0.15, -0.1) is 24.0 Å². The maximum Gasteiger partial charge on any atom is 0.243 e. The van der Waals surface area contributed by atoms with Gasteiger partial charge in [0.05, 0.1) is 0 Å². The Hall–Kier alpha value is -0.570. The van der Waals surface area contributed by atoms with Gasteiger partial charge >= 0.3 is 0 Å². The van der Waals surface area contributed by atoms with Crippen molar-refractivity contribution < 1.29 is 9.53 Å². The van der Waals surface area contributed by atoms with Crippen molar-refractivity contribution in [3.63, 3.8) is 0 Å². The van der Waals surface area contributed by atoms with E-state index >= 15 is 0 Å². The van der Waals surface area contributed by atoms with Gasteiger partial charge < -0.3 is 20.3 Å². The smallest absolute Gasteiger partial charge is 0.243 e. The zero-order valence-electron chi connectivity index (χ0n) is 15.4. The molecule has 7 heteroatoms. The van der Waals surface area contributed by atoms with Crippen LogP contribution in [0.3, 0.4) is 0 Å². The van der Waals surface area contributed by atoms with Crippen LogP contribution >= 0.6 is 24.0 Å². The van der Waals surface area contributed by atoms with E-state index in [4.69, 9.17) is 4.74 Å². The predicted molar refractivity (Wildman–Crippen MR) is 108 cm³/mol. The van der Waals surface area contributed by atoms with E-state index in [1.54, 1.807) is 19.0 Å². The van der Waals surface area contributed by atoms with Crippen LogP contribution in [0.5, 0.6) is 0 Å². The molecule has 0 saturated heterocycles. The maximum absolute atomic E-state index is 11.6. The molecule has 0 atom stereocenters. The molecular weight excluding hydrogens is 407 g/mol. The lowest BCUT2D eigenvalue weighted by molar-refractivity contribution is -0.127. The van der Waals surface area contributed by atoms with Crippen LogP contribution in [-0.4, -0.2) is 63.7 Å². The number of unbranched alkanes of at least 4 members (excludes halogenated alkanes) is 1. The number of guanidine groups is 1. The van der Waals surface area contributed by atoms with E-state index in [1.165, 1.54) is 0 Å². The lowest BCUT2D eigenvalue weighted by Crippen LogP contribution is -2.40. The number of nitrogens with zero attached hydrogens (tertiary/aromatic N) is 2. The monoisotopic (exact) mass is 442 g/mol. The van der Waals surface area contributed by atoms with E-state index in [2.05, 4.69) is 36.4 Å². The predicted octanol–water partition coefficient (Wildman–Crippen LogP) is 2.09. The van der Waals surface area contributed by atoms with E-state index in [1.807, 2.05) is 0 Å². The third-order valence-corrected chi connectivity index (χ3v) is 2.95. The summed E-state index contributed by atoms with van der Waals surface area (Å²) in [5, 5.41) is 6.50. The van der Waals surface area contributed by atoms with Gasteiger partial charge in [0.15, 0.2) is 5.96 Å². The van der Waals surface area contributed by atoms with Crippen LogP contribution in [-0.2, 0) is 9.53 Å². The fraction of sp³-hybridized carbons (Fsp3) is 0.875. The summed E-state index contributed by atoms with van der Waals surface area (Å²) >= 11 is 0. The van der Waals surface area contributed by atoms with Gasteiger partial charge in [-0.05, 0) is 18.8 Å². The van der Waals surface area contributed by atoms with Gasteiger partial charge in [-0.3, -0.25) is 4.79 Å². The summed E-state index contributed by atoms with van der Waals surface area (Å²) in [5.74, 6) is 1.21. The van der Waals surface area contributed by atoms with Crippen molar-refractivity contribution in [2.24, 2.45) is 10.9 Å². The molecule has 0 aromatic heterocycles. The number of hydrogen-bond acceptors (Lipinski definition) is 3. The Morgan fingerprint density at radius 3 is 2.39 bits per heavy atom. The molecule has 0 heterocycles. The van der Waals surface area contributed by atoms with Crippen molar-refractivity contribution in [3.05, 3.63) is 0 Å². The Balaban J connectivity index is 0. The fourth-order valence-corrected chi connectivity index (χ4v) is 1.49. The molecule has 0 rings (SSSR count). The highest BCUT2D eigenvalue weighted by Crippen LogP contribution is 1.90. The van der Waals surface area contributed by atoms with E-state index in [0.29, 0.717) is 11.9 Å². The van der Waals surface area contributed by atoms with Gasteiger partial charge in [0.25, 0.3) is 0 Å². The minimum absolute atomic E-state index is 0. The number of carbonyl (C=O) groups excluding carboxylic acids is 1. The summed E-state index contributed by atoms with van der Waals surface area (Å²) in [7, 11) is 3.47. The number of halogens is 1. The summed E-state index contributed by atoms with van der Waals surface area (Å²) in [6, 6.07) is 0. The molecule has 23 heavy (non-hydrogen) atoms. The minimum Gasteiger partial charge on any atom is -0.381 e. The second-order valence-electron chi connectivity index (χ2n) is 5.97. The first kappa shape index (κ1) is 24.7. The Morgan fingerprint density at radius 1 is 1.17 bits per heavy atom. The molecule has 0 unspecified atom stereocenters. The lowest BCUT2D eigenvalue weighted by atomic mass is 10.2. The van der Waals surface area contributed by atoms with Crippen LogP contribution < -0.4 is 10.6 Å². The number of carbonyl (C=O) groups is 1. The van der Waals surface area contributed by atoms with Crippen LogP contribution in [0.1, 0.15) is 40.0 Å². The molecule has 1 amide bonds. The number of likely N-dealkylation sites (N-methyl/N-ethyl adjacent to an activating group) is 1. The number of rotatable bonds is 11. The molecule has 0 saturated carbocycles. The molecule has 0 radical (unpaired) electrons.